The van der Waals surface area contributed by atoms with Gasteiger partial charge in [0, 0.05) is 41.8 Å². The number of aromatic nitrogens is 3. The number of nitrogens with zero attached hydrogens (tertiary/aromatic N) is 3. The Labute approximate surface area is 204 Å². The van der Waals surface area contributed by atoms with Crippen molar-refractivity contribution >= 4 is 22.7 Å². The predicted octanol–water partition coefficient (Wildman–Crippen LogP) is 6.80. The Morgan fingerprint density at radius 3 is 2.50 bits per heavy atom. The van der Waals surface area contributed by atoms with Crippen molar-refractivity contribution in [2.24, 2.45) is 5.92 Å². The van der Waals surface area contributed by atoms with Gasteiger partial charge in [-0.05, 0) is 67.6 Å². The van der Waals surface area contributed by atoms with Gasteiger partial charge in [-0.3, -0.25) is 5.32 Å². The maximum atomic E-state index is 12.6. The number of fused-ring (bicyclic) bond motifs is 1. The van der Waals surface area contributed by atoms with Crippen molar-refractivity contribution < 1.29 is 27.4 Å². The van der Waals surface area contributed by atoms with E-state index < -0.39 is 18.4 Å². The zero-order chi connectivity index (χ0) is 25.3. The van der Waals surface area contributed by atoms with Crippen LogP contribution in [0.5, 0.6) is 11.8 Å². The molecule has 2 heterocycles. The van der Waals surface area contributed by atoms with Crippen LogP contribution in [0.1, 0.15) is 19.8 Å². The third kappa shape index (κ3) is 5.42. The van der Waals surface area contributed by atoms with Gasteiger partial charge in [0.05, 0.1) is 5.52 Å². The molecule has 1 aliphatic rings. The molecule has 0 spiro atoms. The first-order valence-electron chi connectivity index (χ1n) is 11.5. The van der Waals surface area contributed by atoms with Crippen LogP contribution in [-0.2, 0) is 11.3 Å². The number of rotatable bonds is 7. The van der Waals surface area contributed by atoms with Crippen LogP contribution in [0.15, 0.2) is 67.0 Å². The minimum atomic E-state index is -4.62. The van der Waals surface area contributed by atoms with E-state index in [0.717, 1.165) is 35.6 Å². The number of benzene rings is 2. The SMILES string of the molecule is C[C@@H](OC(=O)Nc1ccc(-c2cc3ccc(Oc4ncccn4)cc3n2CC2CC2)cc1)C(F)(F)F. The van der Waals surface area contributed by atoms with Gasteiger partial charge in [-0.2, -0.15) is 13.2 Å². The average Bonchev–Trinajstić information content (AvgIpc) is 3.60. The van der Waals surface area contributed by atoms with Crippen molar-refractivity contribution in [1.82, 2.24) is 14.5 Å². The molecule has 1 amide bonds. The lowest BCUT2D eigenvalue weighted by Crippen LogP contribution is -2.32. The van der Waals surface area contributed by atoms with Gasteiger partial charge in [0.15, 0.2) is 6.10 Å². The van der Waals surface area contributed by atoms with Crippen molar-refractivity contribution in [3.8, 4) is 23.0 Å². The number of hydrogen-bond acceptors (Lipinski definition) is 5. The fourth-order valence-electron chi connectivity index (χ4n) is 3.83. The summed E-state index contributed by atoms with van der Waals surface area (Å²) >= 11 is 0. The maximum absolute atomic E-state index is 12.6. The largest absolute Gasteiger partial charge is 0.437 e. The molecule has 0 aliphatic heterocycles. The second kappa shape index (κ2) is 9.52. The van der Waals surface area contributed by atoms with Gasteiger partial charge in [-0.1, -0.05) is 12.1 Å². The number of carbonyl (C=O) groups is 1. The molecule has 0 saturated heterocycles. The van der Waals surface area contributed by atoms with Gasteiger partial charge in [-0.25, -0.2) is 14.8 Å². The van der Waals surface area contributed by atoms with Crippen LogP contribution in [0.3, 0.4) is 0 Å². The van der Waals surface area contributed by atoms with E-state index in [2.05, 4.69) is 30.7 Å². The molecule has 2 aromatic carbocycles. The van der Waals surface area contributed by atoms with E-state index in [0.29, 0.717) is 17.4 Å². The fraction of sp³-hybridized carbons (Fsp3) is 0.269. The van der Waals surface area contributed by atoms with Gasteiger partial charge in [0.25, 0.3) is 0 Å². The van der Waals surface area contributed by atoms with E-state index >= 15 is 0 Å². The van der Waals surface area contributed by atoms with Crippen LogP contribution >= 0.6 is 0 Å². The molecular weight excluding hydrogens is 473 g/mol. The van der Waals surface area contributed by atoms with Crippen LogP contribution in [0.2, 0.25) is 0 Å². The van der Waals surface area contributed by atoms with Gasteiger partial charge in [0.2, 0.25) is 0 Å². The molecule has 0 unspecified atom stereocenters. The monoisotopic (exact) mass is 496 g/mol. The number of halogens is 3. The highest BCUT2D eigenvalue weighted by molar-refractivity contribution is 5.89. The van der Waals surface area contributed by atoms with Crippen molar-refractivity contribution in [1.29, 1.82) is 0 Å². The van der Waals surface area contributed by atoms with Crippen molar-refractivity contribution in [2.45, 2.75) is 38.6 Å². The molecule has 36 heavy (non-hydrogen) atoms. The Morgan fingerprint density at radius 1 is 1.11 bits per heavy atom. The lowest BCUT2D eigenvalue weighted by molar-refractivity contribution is -0.196. The average molecular weight is 496 g/mol. The second-order valence-corrected chi connectivity index (χ2v) is 8.73. The van der Waals surface area contributed by atoms with E-state index in [9.17, 15) is 18.0 Å². The molecule has 0 bridgehead atoms. The van der Waals surface area contributed by atoms with Gasteiger partial charge < -0.3 is 14.0 Å². The molecule has 186 valence electrons. The molecule has 1 fully saturated rings. The number of amides is 1. The van der Waals surface area contributed by atoms with E-state index in [4.69, 9.17) is 4.74 Å². The second-order valence-electron chi connectivity index (χ2n) is 8.73. The molecule has 1 saturated carbocycles. The number of hydrogen-bond donors (Lipinski definition) is 1. The van der Waals surface area contributed by atoms with Crippen molar-refractivity contribution in [2.75, 3.05) is 5.32 Å². The molecule has 0 radical (unpaired) electrons. The number of carbonyl (C=O) groups excluding carboxylic acids is 1. The summed E-state index contributed by atoms with van der Waals surface area (Å²) in [6, 6.07) is 16.8. The highest BCUT2D eigenvalue weighted by Crippen LogP contribution is 2.37. The molecule has 2 aromatic heterocycles. The van der Waals surface area contributed by atoms with E-state index in [1.165, 1.54) is 12.8 Å². The summed E-state index contributed by atoms with van der Waals surface area (Å²) in [5.74, 6) is 1.23. The first-order valence-corrected chi connectivity index (χ1v) is 11.5. The molecule has 1 atom stereocenters. The maximum Gasteiger partial charge on any atom is 0.425 e. The molecule has 10 heteroatoms. The minimum Gasteiger partial charge on any atom is -0.437 e. The molecular formula is C26H23F3N4O3. The Balaban J connectivity index is 1.39. The van der Waals surface area contributed by atoms with Crippen LogP contribution < -0.4 is 10.1 Å². The Kier molecular flexibility index (Phi) is 6.26. The van der Waals surface area contributed by atoms with Gasteiger partial charge >= 0.3 is 18.3 Å². The first kappa shape index (κ1) is 23.7. The summed E-state index contributed by atoms with van der Waals surface area (Å²) in [6.07, 6.45) is -2.39. The molecule has 1 N–H and O–H groups in total. The number of anilines is 1. The van der Waals surface area contributed by atoms with Crippen LogP contribution in [0.4, 0.5) is 23.7 Å². The van der Waals surface area contributed by atoms with Crippen LogP contribution in [-0.4, -0.2) is 32.9 Å². The van der Waals surface area contributed by atoms with Gasteiger partial charge in [0.1, 0.15) is 5.75 Å². The summed E-state index contributed by atoms with van der Waals surface area (Å²) in [5, 5.41) is 3.38. The summed E-state index contributed by atoms with van der Waals surface area (Å²) in [4.78, 5) is 20.0. The fourth-order valence-corrected chi connectivity index (χ4v) is 3.83. The Morgan fingerprint density at radius 2 is 1.83 bits per heavy atom. The standard InChI is InChI=1S/C26H23F3N4O3/c1-16(26(27,28)29)35-25(34)32-20-8-5-18(6-9-20)22-13-19-7-10-21(36-24-30-11-2-12-31-24)14-23(19)33(22)15-17-3-4-17/h2,5-14,16-17H,3-4,15H2,1H3,(H,32,34)/t16-/m1/s1. The third-order valence-electron chi connectivity index (χ3n) is 5.94. The smallest absolute Gasteiger partial charge is 0.425 e. The van der Waals surface area contributed by atoms with E-state index in [1.54, 1.807) is 30.6 Å². The van der Waals surface area contributed by atoms with Crippen molar-refractivity contribution in [3.05, 3.63) is 67.0 Å². The third-order valence-corrected chi connectivity index (χ3v) is 5.94. The Bertz CT molecular complexity index is 1370. The van der Waals surface area contributed by atoms with E-state index in [-0.39, 0.29) is 6.01 Å². The summed E-state index contributed by atoms with van der Waals surface area (Å²) in [6.45, 7) is 1.64. The molecule has 5 rings (SSSR count). The highest BCUT2D eigenvalue weighted by atomic mass is 19.4. The number of ether oxygens (including phenoxy) is 2. The van der Waals surface area contributed by atoms with Crippen LogP contribution in [0.25, 0.3) is 22.2 Å². The normalized spacial score (nSPS) is 14.4. The lowest BCUT2D eigenvalue weighted by Gasteiger charge is -2.16. The summed E-state index contributed by atoms with van der Waals surface area (Å²) in [7, 11) is 0. The zero-order valence-corrected chi connectivity index (χ0v) is 19.3. The lowest BCUT2D eigenvalue weighted by atomic mass is 10.1. The summed E-state index contributed by atoms with van der Waals surface area (Å²) < 4.78 is 50.3. The molecule has 4 aromatic rings. The van der Waals surface area contributed by atoms with Gasteiger partial charge in [-0.15, -0.1) is 0 Å². The molecule has 1 aliphatic carbocycles. The number of nitrogens with one attached hydrogen (secondary N) is 1. The van der Waals surface area contributed by atoms with Crippen LogP contribution in [0, 0.1) is 5.92 Å². The first-order chi connectivity index (χ1) is 17.3. The minimum absolute atomic E-state index is 0.267. The Hall–Kier alpha value is -4.08. The molecule has 7 nitrogen and oxygen atoms in total. The zero-order valence-electron chi connectivity index (χ0n) is 19.3. The van der Waals surface area contributed by atoms with E-state index in [1.807, 2.05) is 30.3 Å². The summed E-state index contributed by atoms with van der Waals surface area (Å²) in [5.41, 5.74) is 3.24. The number of alkyl halides is 3. The quantitative estimate of drug-likeness (QED) is 0.304. The predicted molar refractivity (Wildman–Crippen MR) is 128 cm³/mol. The topological polar surface area (TPSA) is 78.3 Å². The van der Waals surface area contributed by atoms with Crippen molar-refractivity contribution in [3.63, 3.8) is 0 Å². The highest BCUT2D eigenvalue weighted by Gasteiger charge is 2.39.